The van der Waals surface area contributed by atoms with Crippen molar-refractivity contribution in [2.45, 2.75) is 52.1 Å². The molecule has 1 aliphatic rings. The third-order valence-electron chi connectivity index (χ3n) is 7.24. The largest absolute Gasteiger partial charge is 0.372 e. The molecule has 1 saturated carbocycles. The van der Waals surface area contributed by atoms with Crippen LogP contribution in [-0.2, 0) is 5.60 Å². The maximum atomic E-state index is 14.0. The van der Waals surface area contributed by atoms with Crippen LogP contribution < -0.4 is 0 Å². The zero-order valence-electron chi connectivity index (χ0n) is 22.3. The number of thiophene rings is 1. The highest BCUT2D eigenvalue weighted by atomic mass is 32.1. The Morgan fingerprint density at radius 3 is 2.30 bits per heavy atom. The van der Waals surface area contributed by atoms with Gasteiger partial charge < -0.3 is 9.63 Å². The van der Waals surface area contributed by atoms with Crippen molar-refractivity contribution in [1.29, 1.82) is 0 Å². The van der Waals surface area contributed by atoms with Crippen LogP contribution in [0.3, 0.4) is 0 Å². The maximum absolute atomic E-state index is 14.0. The molecule has 1 fully saturated rings. The predicted molar refractivity (Wildman–Crippen MR) is 157 cm³/mol. The molecular weight excluding hydrogens is 563 g/mol. The van der Waals surface area contributed by atoms with Crippen molar-refractivity contribution in [3.05, 3.63) is 89.5 Å². The third-order valence-corrected chi connectivity index (χ3v) is 10.1. The number of rotatable bonds is 6. The van der Waals surface area contributed by atoms with E-state index in [-0.39, 0.29) is 11.8 Å². The number of benzene rings is 1. The third kappa shape index (κ3) is 3.91. The van der Waals surface area contributed by atoms with Gasteiger partial charge >= 0.3 is 0 Å². The monoisotopic (exact) mass is 587 g/mol. The van der Waals surface area contributed by atoms with Crippen LogP contribution in [0.15, 0.2) is 46.6 Å². The SMILES string of the molecule is Cc1cnc(C(O)(c2ncc(C)s2)c2cc(-c3c(C)noc3C)cc3c2nc(C2CC2)n3C(=O)c2cccs2)s1. The van der Waals surface area contributed by atoms with Gasteiger partial charge in [0.1, 0.15) is 21.6 Å². The molecule has 0 saturated heterocycles. The van der Waals surface area contributed by atoms with Gasteiger partial charge in [-0.05, 0) is 69.7 Å². The summed E-state index contributed by atoms with van der Waals surface area (Å²) < 4.78 is 7.27. The summed E-state index contributed by atoms with van der Waals surface area (Å²) in [7, 11) is 0. The molecule has 0 amide bonds. The van der Waals surface area contributed by atoms with Gasteiger partial charge in [-0.2, -0.15) is 0 Å². The maximum Gasteiger partial charge on any atom is 0.273 e. The number of fused-ring (bicyclic) bond motifs is 1. The highest BCUT2D eigenvalue weighted by molar-refractivity contribution is 7.13. The Labute approximate surface area is 242 Å². The molecule has 1 N–H and O–H groups in total. The van der Waals surface area contributed by atoms with E-state index in [0.29, 0.717) is 37.2 Å². The molecule has 5 heterocycles. The van der Waals surface area contributed by atoms with E-state index in [1.54, 1.807) is 17.0 Å². The summed E-state index contributed by atoms with van der Waals surface area (Å²) in [5.41, 5.74) is 2.36. The molecule has 0 spiro atoms. The Kier molecular flexibility index (Phi) is 5.90. The van der Waals surface area contributed by atoms with Crippen LogP contribution in [0.1, 0.15) is 71.0 Å². The summed E-state index contributed by atoms with van der Waals surface area (Å²) in [5.74, 6) is 1.43. The van der Waals surface area contributed by atoms with Crippen LogP contribution in [0.2, 0.25) is 0 Å². The second kappa shape index (κ2) is 9.27. The van der Waals surface area contributed by atoms with E-state index < -0.39 is 5.60 Å². The molecule has 0 radical (unpaired) electrons. The van der Waals surface area contributed by atoms with Crippen LogP contribution in [0.4, 0.5) is 0 Å². The molecule has 6 aromatic rings. The predicted octanol–water partition coefficient (Wildman–Crippen LogP) is 6.75. The molecule has 40 heavy (non-hydrogen) atoms. The Hall–Kier alpha value is -3.51. The van der Waals surface area contributed by atoms with Crippen molar-refractivity contribution in [2.75, 3.05) is 0 Å². The fraction of sp³-hybridized carbons (Fsp3) is 0.276. The van der Waals surface area contributed by atoms with Gasteiger partial charge in [-0.1, -0.05) is 11.2 Å². The summed E-state index contributed by atoms with van der Waals surface area (Å²) in [4.78, 5) is 31.0. The second-order valence-corrected chi connectivity index (χ2v) is 13.6. The van der Waals surface area contributed by atoms with Gasteiger partial charge in [0.15, 0.2) is 5.60 Å². The topological polar surface area (TPSA) is 107 Å². The Bertz CT molecular complexity index is 1850. The summed E-state index contributed by atoms with van der Waals surface area (Å²) >= 11 is 4.25. The van der Waals surface area contributed by atoms with E-state index >= 15 is 0 Å². The summed E-state index contributed by atoms with van der Waals surface area (Å²) in [6.45, 7) is 7.68. The van der Waals surface area contributed by atoms with Crippen molar-refractivity contribution in [1.82, 2.24) is 24.7 Å². The first-order valence-corrected chi connectivity index (χ1v) is 15.4. The molecule has 1 aliphatic carbocycles. The van der Waals surface area contributed by atoms with Crippen molar-refractivity contribution >= 4 is 51.0 Å². The first-order valence-electron chi connectivity index (χ1n) is 12.9. The van der Waals surface area contributed by atoms with Crippen molar-refractivity contribution in [3.8, 4) is 11.1 Å². The number of thiazole rings is 2. The van der Waals surface area contributed by atoms with E-state index in [9.17, 15) is 9.90 Å². The fourth-order valence-electron chi connectivity index (χ4n) is 5.22. The number of carbonyl (C=O) groups is 1. The minimum Gasteiger partial charge on any atom is -0.372 e. The van der Waals surface area contributed by atoms with Crippen molar-refractivity contribution < 1.29 is 14.4 Å². The lowest BCUT2D eigenvalue weighted by Gasteiger charge is -2.25. The molecule has 11 heteroatoms. The summed E-state index contributed by atoms with van der Waals surface area (Å²) in [6.07, 6.45) is 5.45. The highest BCUT2D eigenvalue weighted by Crippen LogP contribution is 2.47. The number of hydrogen-bond acceptors (Lipinski definition) is 10. The van der Waals surface area contributed by atoms with Gasteiger partial charge in [0.25, 0.3) is 5.91 Å². The average molecular weight is 588 g/mol. The zero-order valence-corrected chi connectivity index (χ0v) is 24.7. The van der Waals surface area contributed by atoms with Crippen molar-refractivity contribution in [2.24, 2.45) is 0 Å². The lowest BCUT2D eigenvalue weighted by atomic mass is 9.90. The van der Waals surface area contributed by atoms with Crippen LogP contribution >= 0.6 is 34.0 Å². The minimum absolute atomic E-state index is 0.125. The smallest absolute Gasteiger partial charge is 0.273 e. The Morgan fingerprint density at radius 2 is 1.77 bits per heavy atom. The van der Waals surface area contributed by atoms with E-state index in [2.05, 4.69) is 15.1 Å². The highest BCUT2D eigenvalue weighted by Gasteiger charge is 2.44. The lowest BCUT2D eigenvalue weighted by Crippen LogP contribution is -2.29. The van der Waals surface area contributed by atoms with E-state index in [1.165, 1.54) is 34.0 Å². The van der Waals surface area contributed by atoms with Gasteiger partial charge in [0.05, 0.1) is 21.6 Å². The molecule has 0 unspecified atom stereocenters. The quantitative estimate of drug-likeness (QED) is 0.230. The zero-order chi connectivity index (χ0) is 27.8. The molecule has 5 aromatic heterocycles. The molecule has 0 bridgehead atoms. The van der Waals surface area contributed by atoms with Crippen LogP contribution in [-0.4, -0.2) is 35.7 Å². The average Bonchev–Trinajstić information content (AvgIpc) is 3.44. The Morgan fingerprint density at radius 1 is 1.07 bits per heavy atom. The molecule has 202 valence electrons. The van der Waals surface area contributed by atoms with E-state index in [1.807, 2.05) is 57.3 Å². The van der Waals surface area contributed by atoms with Crippen LogP contribution in [0.5, 0.6) is 0 Å². The number of hydrogen-bond donors (Lipinski definition) is 1. The van der Waals surface area contributed by atoms with Crippen LogP contribution in [0.25, 0.3) is 22.2 Å². The normalized spacial score (nSPS) is 13.9. The number of aromatic nitrogens is 5. The molecule has 1 aromatic carbocycles. The number of aliphatic hydroxyl groups is 1. The molecule has 8 nitrogen and oxygen atoms in total. The number of aryl methyl sites for hydroxylation is 4. The lowest BCUT2D eigenvalue weighted by molar-refractivity contribution is 0.0965. The van der Waals surface area contributed by atoms with E-state index in [0.717, 1.165) is 45.2 Å². The minimum atomic E-state index is -1.68. The second-order valence-electron chi connectivity index (χ2n) is 10.2. The summed E-state index contributed by atoms with van der Waals surface area (Å²) in [6, 6.07) is 7.62. The van der Waals surface area contributed by atoms with Gasteiger partial charge in [-0.15, -0.1) is 34.0 Å². The standard InChI is InChI=1S/C29H25N5O3S3/c1-14-12-30-27(39-14)29(36,28-31-13-15(2)40-28)20-10-19(23-16(3)33-37-17(23)4)11-21-24(20)32-25(18-7-8-18)34(21)26(35)22-6-5-9-38-22/h5-6,9-13,18,36H,7-8H2,1-4H3. The van der Waals surface area contributed by atoms with Gasteiger partial charge in [-0.25, -0.2) is 15.0 Å². The number of imidazole rings is 1. The number of nitrogens with zero attached hydrogens (tertiary/aromatic N) is 5. The van der Waals surface area contributed by atoms with Crippen LogP contribution in [0, 0.1) is 27.7 Å². The molecule has 0 aliphatic heterocycles. The van der Waals surface area contributed by atoms with E-state index in [4.69, 9.17) is 9.51 Å². The number of carbonyl (C=O) groups excluding carboxylic acids is 1. The van der Waals surface area contributed by atoms with Gasteiger partial charge in [0, 0.05) is 39.2 Å². The fourth-order valence-corrected chi connectivity index (χ4v) is 7.67. The molecule has 0 atom stereocenters. The first-order chi connectivity index (χ1) is 19.3. The Balaban J connectivity index is 1.61. The van der Waals surface area contributed by atoms with Gasteiger partial charge in [-0.3, -0.25) is 9.36 Å². The summed E-state index contributed by atoms with van der Waals surface area (Å²) in [5, 5.41) is 19.9. The molecule has 7 rings (SSSR count). The first kappa shape index (κ1) is 25.5. The molecular formula is C29H25N5O3S3. The van der Waals surface area contributed by atoms with Gasteiger partial charge in [0.2, 0.25) is 0 Å². The van der Waals surface area contributed by atoms with Crippen molar-refractivity contribution in [3.63, 3.8) is 0 Å².